The third kappa shape index (κ3) is 6.86. The van der Waals surface area contributed by atoms with Crippen LogP contribution in [0.3, 0.4) is 0 Å². The molecule has 0 fully saturated rings. The fraction of sp³-hybridized carbons (Fsp3) is 0.500. The van der Waals surface area contributed by atoms with Crippen molar-refractivity contribution < 1.29 is 25.8 Å². The summed E-state index contributed by atoms with van der Waals surface area (Å²) in [5, 5.41) is 3.14. The Labute approximate surface area is 168 Å². The smallest absolute Gasteiger partial charge is 0 e. The molecule has 0 aromatic rings. The second-order valence-corrected chi connectivity index (χ2v) is 7.60. The molecule has 2 rings (SSSR count). The molecule has 2 unspecified atom stereocenters. The summed E-state index contributed by atoms with van der Waals surface area (Å²) >= 11 is 0. The molecule has 5 heteroatoms. The predicted octanol–water partition coefficient (Wildman–Crippen LogP) is 2.89. The molecular formula is C16H28Cl2HfSi2-2. The molecular weight excluding hydrogens is 498 g/mol. The van der Waals surface area contributed by atoms with E-state index in [4.69, 9.17) is 0 Å². The molecule has 0 aliphatic heterocycles. The van der Waals surface area contributed by atoms with Crippen LogP contribution in [0.5, 0.6) is 0 Å². The van der Waals surface area contributed by atoms with Gasteiger partial charge in [-0.3, -0.25) is 12.2 Å². The summed E-state index contributed by atoms with van der Waals surface area (Å²) in [6, 6.07) is 0. The van der Waals surface area contributed by atoms with Crippen LogP contribution in [0.2, 0.25) is 0 Å². The van der Waals surface area contributed by atoms with E-state index in [0.29, 0.717) is 11.8 Å². The molecule has 0 aromatic heterocycles. The maximum Gasteiger partial charge on any atom is 0 e. The van der Waals surface area contributed by atoms with E-state index in [1.54, 1.807) is 21.5 Å². The molecule has 21 heavy (non-hydrogen) atoms. The van der Waals surface area contributed by atoms with Gasteiger partial charge in [-0.2, -0.15) is 11.1 Å². The third-order valence-corrected chi connectivity index (χ3v) is 7.55. The van der Waals surface area contributed by atoms with Gasteiger partial charge >= 0.3 is 0 Å². The van der Waals surface area contributed by atoms with Gasteiger partial charge in [0, 0.05) is 25.8 Å². The van der Waals surface area contributed by atoms with Gasteiger partial charge in [-0.15, -0.1) is 24.8 Å². The van der Waals surface area contributed by atoms with Gasteiger partial charge in [0.1, 0.15) is 0 Å². The second kappa shape index (κ2) is 11.4. The Kier molecular flexibility index (Phi) is 14.5. The van der Waals surface area contributed by atoms with Crippen molar-refractivity contribution in [3.8, 4) is 0 Å². The van der Waals surface area contributed by atoms with E-state index < -0.39 is 0 Å². The molecule has 0 radical (unpaired) electrons. The van der Waals surface area contributed by atoms with Crippen LogP contribution in [-0.4, -0.2) is 20.5 Å². The van der Waals surface area contributed by atoms with Gasteiger partial charge in [0.15, 0.2) is 0 Å². The molecule has 2 atom stereocenters. The quantitative estimate of drug-likeness (QED) is 0.337. The molecule has 120 valence electrons. The number of rotatable bonds is 0. The van der Waals surface area contributed by atoms with Crippen molar-refractivity contribution in [1.29, 1.82) is 0 Å². The minimum Gasteiger partial charge on any atom is -0.266 e. The van der Waals surface area contributed by atoms with Crippen LogP contribution in [0.4, 0.5) is 0 Å². The third-order valence-electron chi connectivity index (χ3n) is 4.47. The van der Waals surface area contributed by atoms with Crippen molar-refractivity contribution in [1.82, 2.24) is 0 Å². The van der Waals surface area contributed by atoms with E-state index in [-0.39, 0.29) is 50.7 Å². The average Bonchev–Trinajstić information content (AvgIpc) is 2.66. The summed E-state index contributed by atoms with van der Waals surface area (Å²) in [4.78, 5) is 0. The number of hydrogen-bond acceptors (Lipinski definition) is 0. The van der Waals surface area contributed by atoms with Crippen molar-refractivity contribution >= 4 is 45.3 Å². The van der Waals surface area contributed by atoms with Gasteiger partial charge in [0.05, 0.1) is 0 Å². The van der Waals surface area contributed by atoms with Crippen LogP contribution < -0.4 is 0 Å². The first kappa shape index (κ1) is 26.7. The van der Waals surface area contributed by atoms with E-state index >= 15 is 0 Å². The van der Waals surface area contributed by atoms with Gasteiger partial charge in [-0.1, -0.05) is 53.4 Å². The van der Waals surface area contributed by atoms with Crippen LogP contribution in [-0.2, 0) is 25.8 Å². The van der Waals surface area contributed by atoms with Crippen molar-refractivity contribution in [3.63, 3.8) is 0 Å². The van der Waals surface area contributed by atoms with Crippen LogP contribution in [0, 0.1) is 24.0 Å². The van der Waals surface area contributed by atoms with Crippen LogP contribution >= 0.6 is 24.8 Å². The molecule has 0 bridgehead atoms. The normalized spacial score (nSPS) is 23.5. The first-order valence-electron chi connectivity index (χ1n) is 6.81. The minimum atomic E-state index is 0. The molecule has 0 saturated heterocycles. The largest absolute Gasteiger partial charge is 0.266 e. The maximum absolute atomic E-state index is 3.39. The monoisotopic (exact) mass is 526 g/mol. The van der Waals surface area contributed by atoms with Crippen LogP contribution in [0.15, 0.2) is 32.7 Å². The predicted molar refractivity (Wildman–Crippen MR) is 103 cm³/mol. The fourth-order valence-electron chi connectivity index (χ4n) is 2.32. The first-order chi connectivity index (χ1) is 8.25. The Balaban J connectivity index is -0.000000270. The Hall–Kier alpha value is 0.844. The minimum absolute atomic E-state index is 0. The SMILES string of the molecule is CC1=[C-]C(C)C(C)=C1[SiH3].CC1=[C-]C(C)C(C)=C1[SiH3].Cl.Cl.[Hf]. The summed E-state index contributed by atoms with van der Waals surface area (Å²) < 4.78 is 0. The second-order valence-electron chi connectivity index (χ2n) is 5.60. The van der Waals surface area contributed by atoms with E-state index in [2.05, 4.69) is 53.7 Å². The molecule has 0 aromatic carbocycles. The Morgan fingerprint density at radius 3 is 1.00 bits per heavy atom. The van der Waals surface area contributed by atoms with E-state index in [9.17, 15) is 0 Å². The van der Waals surface area contributed by atoms with Crippen molar-refractivity contribution in [2.45, 2.75) is 41.5 Å². The van der Waals surface area contributed by atoms with Crippen LogP contribution in [0.25, 0.3) is 0 Å². The topological polar surface area (TPSA) is 0 Å². The summed E-state index contributed by atoms with van der Waals surface area (Å²) in [5.41, 5.74) is 5.87. The number of hydrogen-bond donors (Lipinski definition) is 0. The van der Waals surface area contributed by atoms with E-state index in [1.807, 2.05) is 0 Å². The van der Waals surface area contributed by atoms with E-state index in [1.165, 1.54) is 31.6 Å². The van der Waals surface area contributed by atoms with E-state index in [0.717, 1.165) is 0 Å². The zero-order valence-corrected chi connectivity index (χ0v) is 23.7. The number of halogens is 2. The molecule has 0 nitrogen and oxygen atoms in total. The summed E-state index contributed by atoms with van der Waals surface area (Å²) in [6.45, 7) is 13.2. The van der Waals surface area contributed by atoms with Gasteiger partial charge in [0.2, 0.25) is 0 Å². The van der Waals surface area contributed by atoms with Gasteiger partial charge < -0.3 is 0 Å². The standard InChI is InChI=1S/2C8H13Si.2ClH.Hf/c2*1-5-4-6(2)8(9)7(5)3;;;/h2*5H,1-3,9H3;2*1H;/q2*-1;;;. The molecule has 0 amide bonds. The number of allylic oxidation sites excluding steroid dienone is 8. The summed E-state index contributed by atoms with van der Waals surface area (Å²) in [6.07, 6.45) is 6.79. The maximum atomic E-state index is 3.39. The van der Waals surface area contributed by atoms with Gasteiger partial charge in [-0.05, 0) is 20.5 Å². The fourth-order valence-corrected chi connectivity index (χ4v) is 3.48. The molecule has 0 heterocycles. The molecule has 2 aliphatic carbocycles. The van der Waals surface area contributed by atoms with Crippen LogP contribution in [0.1, 0.15) is 41.5 Å². The zero-order valence-electron chi connectivity index (χ0n) is 14.5. The summed E-state index contributed by atoms with van der Waals surface area (Å²) in [5.74, 6) is 1.19. The Morgan fingerprint density at radius 1 is 0.714 bits per heavy atom. The zero-order chi connectivity index (χ0) is 14.0. The van der Waals surface area contributed by atoms with Crippen molar-refractivity contribution in [2.75, 3.05) is 0 Å². The van der Waals surface area contributed by atoms with Gasteiger partial charge in [-0.25, -0.2) is 21.5 Å². The molecule has 0 N–H and O–H groups in total. The van der Waals surface area contributed by atoms with Crippen molar-refractivity contribution in [2.24, 2.45) is 11.8 Å². The van der Waals surface area contributed by atoms with Crippen molar-refractivity contribution in [3.05, 3.63) is 44.8 Å². The Bertz CT molecular complexity index is 433. The average molecular weight is 526 g/mol. The first-order valence-corrected chi connectivity index (χ1v) is 8.81. The molecule has 2 aliphatic rings. The summed E-state index contributed by atoms with van der Waals surface area (Å²) in [7, 11) is 2.38. The molecule has 0 spiro atoms. The Morgan fingerprint density at radius 2 is 0.952 bits per heavy atom. The van der Waals surface area contributed by atoms with Gasteiger partial charge in [0.25, 0.3) is 0 Å². The molecule has 0 saturated carbocycles.